The van der Waals surface area contributed by atoms with Crippen LogP contribution in [0.25, 0.3) is 0 Å². The highest BCUT2D eigenvalue weighted by atomic mass is 16.5. The van der Waals surface area contributed by atoms with Crippen LogP contribution in [0.4, 0.5) is 0 Å². The maximum absolute atomic E-state index is 12.8. The largest absolute Gasteiger partial charge is 0.481 e. The molecule has 0 aromatic heterocycles. The second-order valence-corrected chi connectivity index (χ2v) is 15.9. The van der Waals surface area contributed by atoms with Crippen LogP contribution in [0.15, 0.2) is 24.3 Å². The Morgan fingerprint density at radius 3 is 1.17 bits per heavy atom. The molecule has 0 bridgehead atoms. The fraction of sp³-hybridized carbons (Fsp3) is 0.875. The maximum atomic E-state index is 12.8. The fourth-order valence-corrected chi connectivity index (χ4v) is 7.22. The van der Waals surface area contributed by atoms with Crippen LogP contribution in [0.3, 0.4) is 0 Å². The quantitative estimate of drug-likeness (QED) is 0.0385. The standard InChI is InChI=1S/C48H90O4/c1-3-5-7-9-11-13-15-16-17-18-19-20-21-22-23-24-25-27-33-37-41-45-48(51)52-46(42-38-34-30-26-14-12-10-8-6-4-2)43-39-35-31-28-29-32-36-40-44-47(49)50/h11,13,16-17,46H,3-10,12,14-15,18-45H2,1-2H3,(H,49,50)/b13-11-,17-16-. The first kappa shape index (κ1) is 50.4. The van der Waals surface area contributed by atoms with Gasteiger partial charge in [-0.25, -0.2) is 0 Å². The molecule has 306 valence electrons. The number of aliphatic carboxylic acids is 1. The monoisotopic (exact) mass is 731 g/mol. The van der Waals surface area contributed by atoms with Crippen LogP contribution >= 0.6 is 0 Å². The lowest BCUT2D eigenvalue weighted by Gasteiger charge is -2.18. The molecule has 0 aliphatic carbocycles. The Labute approximate surface area is 325 Å². The lowest BCUT2D eigenvalue weighted by atomic mass is 10.0. The van der Waals surface area contributed by atoms with E-state index in [0.717, 1.165) is 57.8 Å². The minimum absolute atomic E-state index is 0.0311. The summed E-state index contributed by atoms with van der Waals surface area (Å²) >= 11 is 0. The highest BCUT2D eigenvalue weighted by Gasteiger charge is 2.14. The number of hydrogen-bond donors (Lipinski definition) is 1. The molecule has 0 saturated carbocycles. The summed E-state index contributed by atoms with van der Waals surface area (Å²) in [6.45, 7) is 4.54. The number of rotatable bonds is 43. The topological polar surface area (TPSA) is 63.6 Å². The minimum atomic E-state index is -0.679. The number of allylic oxidation sites excluding steroid dienone is 4. The zero-order valence-electron chi connectivity index (χ0n) is 35.1. The molecule has 0 aliphatic rings. The van der Waals surface area contributed by atoms with Crippen molar-refractivity contribution in [3.63, 3.8) is 0 Å². The number of carbonyl (C=O) groups is 2. The van der Waals surface area contributed by atoms with E-state index in [9.17, 15) is 9.59 Å². The Morgan fingerprint density at radius 2 is 0.750 bits per heavy atom. The van der Waals surface area contributed by atoms with E-state index in [1.54, 1.807) is 0 Å². The van der Waals surface area contributed by atoms with Gasteiger partial charge in [0, 0.05) is 12.8 Å². The van der Waals surface area contributed by atoms with Crippen molar-refractivity contribution in [2.75, 3.05) is 0 Å². The van der Waals surface area contributed by atoms with E-state index in [2.05, 4.69) is 38.2 Å². The molecule has 0 amide bonds. The van der Waals surface area contributed by atoms with Gasteiger partial charge in [0.25, 0.3) is 0 Å². The lowest BCUT2D eigenvalue weighted by molar-refractivity contribution is -0.150. The minimum Gasteiger partial charge on any atom is -0.481 e. The van der Waals surface area contributed by atoms with Crippen LogP contribution in [-0.4, -0.2) is 23.1 Å². The Hall–Kier alpha value is -1.58. The van der Waals surface area contributed by atoms with Crippen LogP contribution in [0.5, 0.6) is 0 Å². The Bertz CT molecular complexity index is 787. The highest BCUT2D eigenvalue weighted by Crippen LogP contribution is 2.19. The van der Waals surface area contributed by atoms with Gasteiger partial charge in [-0.2, -0.15) is 0 Å². The predicted octanol–water partition coefficient (Wildman–Crippen LogP) is 16.3. The number of unbranched alkanes of at least 4 members (excludes halogenated alkanes) is 30. The molecular formula is C48H90O4. The third-order valence-electron chi connectivity index (χ3n) is 10.7. The molecule has 0 saturated heterocycles. The molecule has 0 aromatic rings. The van der Waals surface area contributed by atoms with Crippen molar-refractivity contribution in [1.29, 1.82) is 0 Å². The summed E-state index contributed by atoms with van der Waals surface area (Å²) < 4.78 is 6.08. The van der Waals surface area contributed by atoms with E-state index in [4.69, 9.17) is 9.84 Å². The number of esters is 1. The van der Waals surface area contributed by atoms with Crippen molar-refractivity contribution in [2.45, 2.75) is 270 Å². The van der Waals surface area contributed by atoms with Gasteiger partial charge in [-0.05, 0) is 70.6 Å². The summed E-state index contributed by atoms with van der Waals surface area (Å²) in [5, 5.41) is 8.77. The van der Waals surface area contributed by atoms with Gasteiger partial charge in [0.1, 0.15) is 6.10 Å². The average Bonchev–Trinajstić information content (AvgIpc) is 3.13. The van der Waals surface area contributed by atoms with Crippen molar-refractivity contribution in [3.8, 4) is 0 Å². The Balaban J connectivity index is 3.95. The molecule has 1 unspecified atom stereocenters. The van der Waals surface area contributed by atoms with Crippen LogP contribution in [0.1, 0.15) is 264 Å². The zero-order chi connectivity index (χ0) is 37.8. The molecule has 0 radical (unpaired) electrons. The van der Waals surface area contributed by atoms with Gasteiger partial charge in [0.15, 0.2) is 0 Å². The molecule has 4 nitrogen and oxygen atoms in total. The van der Waals surface area contributed by atoms with E-state index in [1.807, 2.05) is 0 Å². The second-order valence-electron chi connectivity index (χ2n) is 15.9. The molecule has 1 atom stereocenters. The zero-order valence-corrected chi connectivity index (χ0v) is 35.1. The Kier molecular flexibility index (Phi) is 42.5. The molecule has 0 aromatic carbocycles. The molecule has 4 heteroatoms. The molecule has 1 N–H and O–H groups in total. The predicted molar refractivity (Wildman–Crippen MR) is 227 cm³/mol. The summed E-state index contributed by atoms with van der Waals surface area (Å²) in [6, 6.07) is 0. The van der Waals surface area contributed by atoms with Crippen LogP contribution in [0.2, 0.25) is 0 Å². The molecule has 0 spiro atoms. The van der Waals surface area contributed by atoms with Gasteiger partial charge in [0.2, 0.25) is 0 Å². The van der Waals surface area contributed by atoms with E-state index < -0.39 is 5.97 Å². The molecule has 52 heavy (non-hydrogen) atoms. The van der Waals surface area contributed by atoms with Gasteiger partial charge in [-0.1, -0.05) is 205 Å². The van der Waals surface area contributed by atoms with Crippen LogP contribution in [0, 0.1) is 0 Å². The smallest absolute Gasteiger partial charge is 0.306 e. The molecule has 0 rings (SSSR count). The SMILES string of the molecule is CCCCC/C=C\C/C=C\CCCCCCCCCCCCCC(=O)OC(CCCCCCCCCCCC)CCCCCCCCCCC(=O)O. The summed E-state index contributed by atoms with van der Waals surface area (Å²) in [5.41, 5.74) is 0. The van der Waals surface area contributed by atoms with E-state index in [1.165, 1.54) is 180 Å². The molecule has 0 heterocycles. The first-order chi connectivity index (χ1) is 25.6. The van der Waals surface area contributed by atoms with Crippen molar-refractivity contribution >= 4 is 11.9 Å². The summed E-state index contributed by atoms with van der Waals surface area (Å²) in [7, 11) is 0. The molecular weight excluding hydrogens is 641 g/mol. The Morgan fingerprint density at radius 1 is 0.423 bits per heavy atom. The van der Waals surface area contributed by atoms with Gasteiger partial charge in [-0.15, -0.1) is 0 Å². The van der Waals surface area contributed by atoms with E-state index in [-0.39, 0.29) is 12.1 Å². The fourth-order valence-electron chi connectivity index (χ4n) is 7.22. The van der Waals surface area contributed by atoms with E-state index in [0.29, 0.717) is 12.8 Å². The third kappa shape index (κ3) is 42.8. The lowest BCUT2D eigenvalue weighted by Crippen LogP contribution is -2.18. The number of hydrogen-bond acceptors (Lipinski definition) is 3. The van der Waals surface area contributed by atoms with Gasteiger partial charge in [0.05, 0.1) is 0 Å². The maximum Gasteiger partial charge on any atom is 0.306 e. The van der Waals surface area contributed by atoms with Crippen molar-refractivity contribution in [3.05, 3.63) is 24.3 Å². The second kappa shape index (κ2) is 43.8. The number of carboxylic acids is 1. The number of carbonyl (C=O) groups excluding carboxylic acids is 1. The van der Waals surface area contributed by atoms with E-state index >= 15 is 0 Å². The number of ether oxygens (including phenoxy) is 1. The average molecular weight is 731 g/mol. The van der Waals surface area contributed by atoms with Crippen LogP contribution in [-0.2, 0) is 14.3 Å². The van der Waals surface area contributed by atoms with Gasteiger partial charge >= 0.3 is 11.9 Å². The summed E-state index contributed by atoms with van der Waals surface area (Å²) in [5.74, 6) is -0.648. The molecule has 0 aliphatic heterocycles. The normalized spacial score (nSPS) is 12.3. The van der Waals surface area contributed by atoms with Crippen molar-refractivity contribution in [2.24, 2.45) is 0 Å². The molecule has 0 fully saturated rings. The highest BCUT2D eigenvalue weighted by molar-refractivity contribution is 5.69. The van der Waals surface area contributed by atoms with Crippen LogP contribution < -0.4 is 0 Å². The third-order valence-corrected chi connectivity index (χ3v) is 10.7. The van der Waals surface area contributed by atoms with Gasteiger partial charge in [-0.3, -0.25) is 9.59 Å². The first-order valence-electron chi connectivity index (χ1n) is 23.3. The van der Waals surface area contributed by atoms with Crippen molar-refractivity contribution in [1.82, 2.24) is 0 Å². The first-order valence-corrected chi connectivity index (χ1v) is 23.3. The summed E-state index contributed by atoms with van der Waals surface area (Å²) in [4.78, 5) is 23.4. The number of carboxylic acid groups (broad SMARTS) is 1. The summed E-state index contributed by atoms with van der Waals surface area (Å²) in [6.07, 6.45) is 56.5. The van der Waals surface area contributed by atoms with Gasteiger partial charge < -0.3 is 9.84 Å². The van der Waals surface area contributed by atoms with Crippen molar-refractivity contribution < 1.29 is 19.4 Å².